The smallest absolute Gasteiger partial charge is 0.141 e. The van der Waals surface area contributed by atoms with E-state index in [9.17, 15) is 0 Å². The van der Waals surface area contributed by atoms with Gasteiger partial charge in [0.2, 0.25) is 0 Å². The normalized spacial score (nSPS) is 15.1. The summed E-state index contributed by atoms with van der Waals surface area (Å²) in [6.45, 7) is 5.27. The van der Waals surface area contributed by atoms with Crippen molar-refractivity contribution in [3.05, 3.63) is 77.9 Å². The second-order valence-corrected chi connectivity index (χ2v) is 8.32. The topological polar surface area (TPSA) is 32.3 Å². The lowest BCUT2D eigenvalue weighted by molar-refractivity contribution is 0.260. The van der Waals surface area contributed by atoms with E-state index in [1.807, 2.05) is 0 Å². The molecule has 0 N–H and O–H groups in total. The van der Waals surface area contributed by atoms with Gasteiger partial charge >= 0.3 is 0 Å². The van der Waals surface area contributed by atoms with Crippen molar-refractivity contribution in [2.24, 2.45) is 0 Å². The monoisotopic (exact) mass is 400 g/mol. The van der Waals surface area contributed by atoms with Crippen LogP contribution in [0.5, 0.6) is 0 Å². The molecule has 1 aliphatic rings. The van der Waals surface area contributed by atoms with Crippen molar-refractivity contribution in [3.8, 4) is 11.1 Å². The fourth-order valence-corrected chi connectivity index (χ4v) is 4.95. The summed E-state index contributed by atoms with van der Waals surface area (Å²) in [5.74, 6) is 1.08. The van der Waals surface area contributed by atoms with Crippen LogP contribution in [-0.2, 0) is 6.42 Å². The zero-order valence-corrected chi connectivity index (χ0v) is 17.2. The number of hydrogen-bond acceptors (Lipinski definition) is 5. The van der Waals surface area contributed by atoms with Gasteiger partial charge in [-0.3, -0.25) is 4.90 Å². The van der Waals surface area contributed by atoms with Gasteiger partial charge in [-0.25, -0.2) is 9.97 Å². The number of fused-ring (bicyclic) bond motifs is 1. The predicted octanol–water partition coefficient (Wildman–Crippen LogP) is 4.72. The molecule has 2 aromatic carbocycles. The third-order valence-electron chi connectivity index (χ3n) is 5.67. The Labute approximate surface area is 175 Å². The molecule has 1 aliphatic heterocycles. The van der Waals surface area contributed by atoms with Gasteiger partial charge in [-0.2, -0.15) is 0 Å². The van der Waals surface area contributed by atoms with Gasteiger partial charge < -0.3 is 4.90 Å². The summed E-state index contributed by atoms with van der Waals surface area (Å²) in [7, 11) is 0. The maximum Gasteiger partial charge on any atom is 0.141 e. The molecule has 0 atom stereocenters. The molecule has 4 nitrogen and oxygen atoms in total. The van der Waals surface area contributed by atoms with Gasteiger partial charge in [0.25, 0.3) is 0 Å². The highest BCUT2D eigenvalue weighted by atomic mass is 32.1. The average Bonchev–Trinajstić information content (AvgIpc) is 3.24. The van der Waals surface area contributed by atoms with E-state index < -0.39 is 0 Å². The predicted molar refractivity (Wildman–Crippen MR) is 122 cm³/mol. The van der Waals surface area contributed by atoms with Crippen molar-refractivity contribution in [2.45, 2.75) is 6.42 Å². The molecule has 0 saturated carbocycles. The lowest BCUT2D eigenvalue weighted by Crippen LogP contribution is -2.47. The largest absolute Gasteiger partial charge is 0.353 e. The molecule has 5 heteroatoms. The number of rotatable bonds is 5. The van der Waals surface area contributed by atoms with Crippen molar-refractivity contribution in [1.82, 2.24) is 14.9 Å². The number of anilines is 1. The molecule has 1 saturated heterocycles. The highest BCUT2D eigenvalue weighted by molar-refractivity contribution is 7.17. The number of hydrogen-bond donors (Lipinski definition) is 0. The van der Waals surface area contributed by atoms with Crippen LogP contribution in [0.15, 0.2) is 72.4 Å². The van der Waals surface area contributed by atoms with Gasteiger partial charge in [-0.15, -0.1) is 11.3 Å². The molecule has 0 bridgehead atoms. The third-order valence-corrected chi connectivity index (χ3v) is 6.55. The SMILES string of the molecule is c1ccc(CCN2CCN(c3ncnc4scc(-c5ccccc5)c34)CC2)cc1. The second-order valence-electron chi connectivity index (χ2n) is 7.46. The average molecular weight is 401 g/mol. The lowest BCUT2D eigenvalue weighted by atomic mass is 10.1. The molecule has 4 aromatic rings. The van der Waals surface area contributed by atoms with Gasteiger partial charge in [0.1, 0.15) is 17.0 Å². The minimum atomic E-state index is 1.00. The summed E-state index contributed by atoms with van der Waals surface area (Å²) in [5, 5.41) is 3.41. The summed E-state index contributed by atoms with van der Waals surface area (Å²) >= 11 is 1.71. The first-order chi connectivity index (χ1) is 14.4. The third kappa shape index (κ3) is 3.88. The molecule has 0 aliphatic carbocycles. The molecule has 3 heterocycles. The zero-order chi connectivity index (χ0) is 19.5. The van der Waals surface area contributed by atoms with Crippen LogP contribution in [0, 0.1) is 0 Å². The lowest BCUT2D eigenvalue weighted by Gasteiger charge is -2.35. The van der Waals surface area contributed by atoms with E-state index in [2.05, 4.69) is 80.8 Å². The number of benzene rings is 2. The number of piperazine rings is 1. The van der Waals surface area contributed by atoms with Crippen LogP contribution in [-0.4, -0.2) is 47.6 Å². The van der Waals surface area contributed by atoms with Gasteiger partial charge in [0.05, 0.1) is 5.39 Å². The Bertz CT molecular complexity index is 1070. The fraction of sp³-hybridized carbons (Fsp3) is 0.250. The van der Waals surface area contributed by atoms with Crippen LogP contribution in [0.25, 0.3) is 21.3 Å². The zero-order valence-electron chi connectivity index (χ0n) is 16.4. The Morgan fingerprint density at radius 2 is 1.55 bits per heavy atom. The van der Waals surface area contributed by atoms with Crippen LogP contribution >= 0.6 is 11.3 Å². The van der Waals surface area contributed by atoms with Crippen molar-refractivity contribution in [2.75, 3.05) is 37.6 Å². The molecule has 0 radical (unpaired) electrons. The molecule has 0 unspecified atom stereocenters. The maximum atomic E-state index is 4.71. The van der Waals surface area contributed by atoms with Crippen LogP contribution in [0.3, 0.4) is 0 Å². The van der Waals surface area contributed by atoms with E-state index in [-0.39, 0.29) is 0 Å². The standard InChI is InChI=1S/C24H24N4S/c1-3-7-19(8-4-1)11-12-27-13-15-28(16-14-27)23-22-21(20-9-5-2-6-10-20)17-29-24(22)26-18-25-23/h1-10,17-18H,11-16H2. The first-order valence-electron chi connectivity index (χ1n) is 10.2. The Balaban J connectivity index is 1.33. The maximum absolute atomic E-state index is 4.71. The molecular formula is C24H24N4S. The highest BCUT2D eigenvalue weighted by Gasteiger charge is 2.22. The van der Waals surface area contributed by atoms with Gasteiger partial charge in [0.15, 0.2) is 0 Å². The van der Waals surface area contributed by atoms with E-state index in [4.69, 9.17) is 4.98 Å². The van der Waals surface area contributed by atoms with Gasteiger partial charge in [-0.05, 0) is 17.5 Å². The Hall–Kier alpha value is -2.76. The van der Waals surface area contributed by atoms with Gasteiger partial charge in [-0.1, -0.05) is 60.7 Å². The van der Waals surface area contributed by atoms with Crippen molar-refractivity contribution in [1.29, 1.82) is 0 Å². The molecule has 0 amide bonds. The van der Waals surface area contributed by atoms with Crippen LogP contribution in [0.4, 0.5) is 5.82 Å². The van der Waals surface area contributed by atoms with E-state index >= 15 is 0 Å². The summed E-state index contributed by atoms with van der Waals surface area (Å²) in [5.41, 5.74) is 3.89. The Kier molecular flexibility index (Phi) is 5.24. The van der Waals surface area contributed by atoms with Crippen molar-refractivity contribution >= 4 is 27.4 Å². The fourth-order valence-electron chi connectivity index (χ4n) is 4.04. The first kappa shape index (κ1) is 18.3. The quantitative estimate of drug-likeness (QED) is 0.485. The van der Waals surface area contributed by atoms with Crippen LogP contribution in [0.1, 0.15) is 5.56 Å². The van der Waals surface area contributed by atoms with Crippen LogP contribution < -0.4 is 4.90 Å². The minimum Gasteiger partial charge on any atom is -0.353 e. The Morgan fingerprint density at radius 1 is 0.828 bits per heavy atom. The van der Waals surface area contributed by atoms with Gasteiger partial charge in [0, 0.05) is 43.7 Å². The summed E-state index contributed by atoms with van der Waals surface area (Å²) in [6.07, 6.45) is 2.83. The molecule has 0 spiro atoms. The van der Waals surface area contributed by atoms with E-state index in [0.717, 1.165) is 49.8 Å². The summed E-state index contributed by atoms with van der Waals surface area (Å²) < 4.78 is 0. The molecule has 146 valence electrons. The second kappa shape index (κ2) is 8.31. The number of aromatic nitrogens is 2. The highest BCUT2D eigenvalue weighted by Crippen LogP contribution is 2.37. The molecule has 29 heavy (non-hydrogen) atoms. The number of nitrogens with zero attached hydrogens (tertiary/aromatic N) is 4. The minimum absolute atomic E-state index is 1.00. The van der Waals surface area contributed by atoms with E-state index in [1.54, 1.807) is 17.7 Å². The number of thiophene rings is 1. The summed E-state index contributed by atoms with van der Waals surface area (Å²) in [6, 6.07) is 21.3. The molecular weight excluding hydrogens is 376 g/mol. The molecule has 5 rings (SSSR count). The van der Waals surface area contributed by atoms with Crippen LogP contribution in [0.2, 0.25) is 0 Å². The van der Waals surface area contributed by atoms with E-state index in [0.29, 0.717) is 0 Å². The van der Waals surface area contributed by atoms with E-state index in [1.165, 1.54) is 22.1 Å². The van der Waals surface area contributed by atoms with Crippen molar-refractivity contribution < 1.29 is 0 Å². The molecule has 1 fully saturated rings. The van der Waals surface area contributed by atoms with Crippen molar-refractivity contribution in [3.63, 3.8) is 0 Å². The molecule has 2 aromatic heterocycles. The summed E-state index contributed by atoms with van der Waals surface area (Å²) in [4.78, 5) is 15.3. The first-order valence-corrected chi connectivity index (χ1v) is 11.1. The Morgan fingerprint density at radius 3 is 2.31 bits per heavy atom.